The van der Waals surface area contributed by atoms with Gasteiger partial charge in [-0.15, -0.1) is 11.3 Å². The van der Waals surface area contributed by atoms with Gasteiger partial charge in [0.25, 0.3) is 5.91 Å². The van der Waals surface area contributed by atoms with E-state index in [1.54, 1.807) is 25.1 Å². The number of allylic oxidation sites excluding steroid dienone is 2. The Balaban J connectivity index is 1.59. The fourth-order valence-corrected chi connectivity index (χ4v) is 6.09. The van der Waals surface area contributed by atoms with Crippen molar-refractivity contribution in [3.63, 3.8) is 0 Å². The Hall–Kier alpha value is -3.51. The Kier molecular flexibility index (Phi) is 8.72. The Morgan fingerprint density at radius 2 is 1.84 bits per heavy atom. The first-order chi connectivity index (χ1) is 17.9. The van der Waals surface area contributed by atoms with Crippen molar-refractivity contribution >= 4 is 57.9 Å². The minimum Gasteiger partial charge on any atom is -0.353 e. The van der Waals surface area contributed by atoms with Crippen molar-refractivity contribution in [1.29, 1.82) is 5.26 Å². The van der Waals surface area contributed by atoms with Crippen LogP contribution in [0.4, 0.5) is 11.4 Å². The van der Waals surface area contributed by atoms with E-state index in [2.05, 4.69) is 28.9 Å². The molecule has 1 atom stereocenters. The molecule has 0 fully saturated rings. The summed E-state index contributed by atoms with van der Waals surface area (Å²) < 4.78 is 0.564. The normalized spacial score (nSPS) is 15.1. The van der Waals surface area contributed by atoms with Crippen LogP contribution in [-0.2, 0) is 16.0 Å². The highest BCUT2D eigenvalue weighted by molar-refractivity contribution is 8.03. The summed E-state index contributed by atoms with van der Waals surface area (Å²) in [6, 6.07) is 22.7. The topological polar surface area (TPSA) is 94.0 Å². The summed E-state index contributed by atoms with van der Waals surface area (Å²) in [7, 11) is 0. The zero-order valence-electron chi connectivity index (χ0n) is 20.3. The number of aryl methyl sites for hydroxylation is 1. The standard InChI is InChI=1S/C28H25ClN4O2S2/c1-3-18-8-7-11-20(14-18)32-24(34)16-36-28-21(15-30)26(22-12-13-23(29)37-22)25(17(2)31-28)27(35)33-19-9-5-4-6-10-19/h4-14,26,31H,3,16H2,1-2H3,(H,32,34)(H,33,35). The molecule has 2 aromatic carbocycles. The third-order valence-corrected chi connectivity index (χ3v) is 8.08. The van der Waals surface area contributed by atoms with E-state index in [4.69, 9.17) is 11.6 Å². The van der Waals surface area contributed by atoms with Crippen molar-refractivity contribution in [2.75, 3.05) is 16.4 Å². The van der Waals surface area contributed by atoms with E-state index in [1.165, 1.54) is 23.1 Å². The van der Waals surface area contributed by atoms with E-state index < -0.39 is 5.92 Å². The fraction of sp³-hybridized carbons (Fsp3) is 0.179. The molecule has 9 heteroatoms. The maximum absolute atomic E-state index is 13.4. The summed E-state index contributed by atoms with van der Waals surface area (Å²) in [5, 5.41) is 19.8. The average Bonchev–Trinajstić information content (AvgIpc) is 3.33. The molecular weight excluding hydrogens is 524 g/mol. The monoisotopic (exact) mass is 548 g/mol. The maximum Gasteiger partial charge on any atom is 0.254 e. The van der Waals surface area contributed by atoms with Gasteiger partial charge in [0.05, 0.1) is 32.7 Å². The van der Waals surface area contributed by atoms with E-state index in [-0.39, 0.29) is 17.6 Å². The first-order valence-electron chi connectivity index (χ1n) is 11.6. The van der Waals surface area contributed by atoms with E-state index in [0.29, 0.717) is 31.9 Å². The van der Waals surface area contributed by atoms with Gasteiger partial charge < -0.3 is 16.0 Å². The molecule has 0 bridgehead atoms. The zero-order chi connectivity index (χ0) is 26.4. The number of anilines is 2. The third kappa shape index (κ3) is 6.44. The van der Waals surface area contributed by atoms with Crippen LogP contribution in [0.2, 0.25) is 4.34 Å². The number of dihydropyridines is 1. The van der Waals surface area contributed by atoms with Crippen LogP contribution >= 0.6 is 34.7 Å². The molecule has 0 saturated heterocycles. The van der Waals surface area contributed by atoms with Gasteiger partial charge in [0.1, 0.15) is 0 Å². The number of thiophene rings is 1. The Morgan fingerprint density at radius 1 is 1.08 bits per heavy atom. The minimum atomic E-state index is -0.612. The zero-order valence-corrected chi connectivity index (χ0v) is 22.7. The molecule has 0 spiro atoms. The molecule has 0 radical (unpaired) electrons. The molecular formula is C28H25ClN4O2S2. The Bertz CT molecular complexity index is 1420. The summed E-state index contributed by atoms with van der Waals surface area (Å²) >= 11 is 8.79. The summed E-state index contributed by atoms with van der Waals surface area (Å²) in [6.45, 7) is 3.86. The van der Waals surface area contributed by atoms with E-state index in [1.807, 2.05) is 48.5 Å². The van der Waals surface area contributed by atoms with Gasteiger partial charge in [0, 0.05) is 27.5 Å². The molecule has 3 N–H and O–H groups in total. The highest BCUT2D eigenvalue weighted by Crippen LogP contribution is 2.44. The highest BCUT2D eigenvalue weighted by atomic mass is 35.5. The van der Waals surface area contributed by atoms with E-state index in [9.17, 15) is 14.9 Å². The van der Waals surface area contributed by atoms with Crippen molar-refractivity contribution in [1.82, 2.24) is 5.32 Å². The minimum absolute atomic E-state index is 0.0978. The van der Waals surface area contributed by atoms with Crippen LogP contribution in [0.1, 0.15) is 30.2 Å². The van der Waals surface area contributed by atoms with Crippen LogP contribution in [0, 0.1) is 11.3 Å². The molecule has 2 heterocycles. The van der Waals surface area contributed by atoms with Crippen LogP contribution in [0.3, 0.4) is 0 Å². The highest BCUT2D eigenvalue weighted by Gasteiger charge is 2.35. The number of amides is 2. The average molecular weight is 549 g/mol. The van der Waals surface area contributed by atoms with Crippen LogP contribution in [0.15, 0.2) is 88.6 Å². The molecule has 3 aromatic rings. The number of carbonyl (C=O) groups is 2. The van der Waals surface area contributed by atoms with Crippen molar-refractivity contribution < 1.29 is 9.59 Å². The first-order valence-corrected chi connectivity index (χ1v) is 13.8. The molecule has 1 unspecified atom stereocenters. The quantitative estimate of drug-likeness (QED) is 0.292. The van der Waals surface area contributed by atoms with E-state index in [0.717, 1.165) is 22.5 Å². The van der Waals surface area contributed by atoms with Gasteiger partial charge in [-0.2, -0.15) is 5.26 Å². The third-order valence-electron chi connectivity index (χ3n) is 5.77. The second-order valence-corrected chi connectivity index (χ2v) is 11.0. The number of nitrogens with one attached hydrogen (secondary N) is 3. The molecule has 2 amide bonds. The summed E-state index contributed by atoms with van der Waals surface area (Å²) in [5.74, 6) is -1.01. The number of nitrogens with zero attached hydrogens (tertiary/aromatic N) is 1. The molecule has 1 aliphatic rings. The molecule has 37 heavy (non-hydrogen) atoms. The predicted molar refractivity (Wildman–Crippen MR) is 153 cm³/mol. The lowest BCUT2D eigenvalue weighted by Gasteiger charge is -2.29. The SMILES string of the molecule is CCc1cccc(NC(=O)CSC2=C(C#N)C(c3ccc(Cl)s3)C(C(=O)Nc3ccccc3)=C(C)N2)c1. The van der Waals surface area contributed by atoms with Gasteiger partial charge in [-0.25, -0.2) is 0 Å². The fourth-order valence-electron chi connectivity index (χ4n) is 4.02. The number of hydrogen-bond donors (Lipinski definition) is 3. The van der Waals surface area contributed by atoms with Crippen LogP contribution < -0.4 is 16.0 Å². The number of hydrogen-bond acceptors (Lipinski definition) is 6. The van der Waals surface area contributed by atoms with Gasteiger partial charge >= 0.3 is 0 Å². The van der Waals surface area contributed by atoms with Crippen LogP contribution in [0.25, 0.3) is 0 Å². The molecule has 4 rings (SSSR count). The second-order valence-electron chi connectivity index (χ2n) is 8.30. The van der Waals surface area contributed by atoms with Crippen molar-refractivity contribution in [2.24, 2.45) is 0 Å². The predicted octanol–water partition coefficient (Wildman–Crippen LogP) is 6.67. The lowest BCUT2D eigenvalue weighted by atomic mass is 9.86. The van der Waals surface area contributed by atoms with E-state index >= 15 is 0 Å². The Morgan fingerprint density at radius 3 is 2.51 bits per heavy atom. The van der Waals surface area contributed by atoms with Gasteiger partial charge in [-0.3, -0.25) is 9.59 Å². The molecule has 0 aliphatic carbocycles. The van der Waals surface area contributed by atoms with Crippen LogP contribution in [0.5, 0.6) is 0 Å². The van der Waals surface area contributed by atoms with Gasteiger partial charge in [0.2, 0.25) is 5.91 Å². The second kappa shape index (κ2) is 12.2. The smallest absolute Gasteiger partial charge is 0.254 e. The number of carbonyl (C=O) groups excluding carboxylic acids is 2. The number of rotatable bonds is 8. The molecule has 1 aliphatic heterocycles. The lowest BCUT2D eigenvalue weighted by molar-refractivity contribution is -0.114. The van der Waals surface area contributed by atoms with Gasteiger partial charge in [0.15, 0.2) is 0 Å². The largest absolute Gasteiger partial charge is 0.353 e. The molecule has 0 saturated carbocycles. The Labute approximate surface area is 229 Å². The summed E-state index contributed by atoms with van der Waals surface area (Å²) in [6.07, 6.45) is 0.876. The molecule has 1 aromatic heterocycles. The summed E-state index contributed by atoms with van der Waals surface area (Å²) in [4.78, 5) is 26.9. The number of para-hydroxylation sites is 1. The number of benzene rings is 2. The lowest BCUT2D eigenvalue weighted by Crippen LogP contribution is -2.30. The molecule has 6 nitrogen and oxygen atoms in total. The number of thioether (sulfide) groups is 1. The first kappa shape index (κ1) is 26.6. The van der Waals surface area contributed by atoms with Gasteiger partial charge in [-0.1, -0.05) is 60.6 Å². The molecule has 188 valence electrons. The van der Waals surface area contributed by atoms with Crippen LogP contribution in [-0.4, -0.2) is 17.6 Å². The number of halogens is 1. The summed E-state index contributed by atoms with van der Waals surface area (Å²) in [5.41, 5.74) is 3.94. The van der Waals surface area contributed by atoms with Crippen molar-refractivity contribution in [3.05, 3.63) is 103 Å². The van der Waals surface area contributed by atoms with Crippen molar-refractivity contribution in [2.45, 2.75) is 26.2 Å². The maximum atomic E-state index is 13.4. The van der Waals surface area contributed by atoms with Gasteiger partial charge in [-0.05, 0) is 55.3 Å². The number of nitriles is 1. The van der Waals surface area contributed by atoms with Crippen molar-refractivity contribution in [3.8, 4) is 6.07 Å².